The van der Waals surface area contributed by atoms with Gasteiger partial charge in [0.25, 0.3) is 5.56 Å². The minimum atomic E-state index is -1.15. The molecule has 3 aromatic rings. The minimum Gasteiger partial charge on any atom is -0.454 e. The molecule has 2 heterocycles. The molecule has 0 saturated carbocycles. The average Bonchev–Trinajstić information content (AvgIpc) is 3.09. The molecule has 0 unspecified atom stereocenters. The number of hydrogen-bond donors (Lipinski definition) is 1. The van der Waals surface area contributed by atoms with Gasteiger partial charge >= 0.3 is 5.69 Å². The van der Waals surface area contributed by atoms with E-state index in [-0.39, 0.29) is 19.9 Å². The van der Waals surface area contributed by atoms with E-state index in [0.717, 1.165) is 10.1 Å². The summed E-state index contributed by atoms with van der Waals surface area (Å²) >= 11 is 6.08. The Morgan fingerprint density at radius 2 is 1.82 bits per heavy atom. The van der Waals surface area contributed by atoms with E-state index in [1.807, 2.05) is 0 Å². The normalized spacial score (nSPS) is 13.3. The first-order chi connectivity index (χ1) is 13.2. The molecule has 1 N–H and O–H groups in total. The van der Waals surface area contributed by atoms with Gasteiger partial charge in [-0.25, -0.2) is 4.79 Å². The first kappa shape index (κ1) is 18.6. The van der Waals surface area contributed by atoms with Gasteiger partial charge in [-0.05, 0) is 49.7 Å². The molecule has 1 aliphatic rings. The Balaban J connectivity index is 1.90. The summed E-state index contributed by atoms with van der Waals surface area (Å²) in [5.41, 5.74) is -0.959. The molecular weight excluding hydrogens is 384 g/mol. The molecule has 1 aliphatic heterocycles. The van der Waals surface area contributed by atoms with Crippen molar-refractivity contribution < 1.29 is 14.6 Å². The van der Waals surface area contributed by atoms with Crippen LogP contribution in [0.2, 0.25) is 5.02 Å². The number of benzene rings is 2. The summed E-state index contributed by atoms with van der Waals surface area (Å²) in [6.07, 6.45) is 0. The van der Waals surface area contributed by atoms with Crippen LogP contribution in [-0.2, 0) is 13.1 Å². The maximum atomic E-state index is 13.1. The molecular formula is C20H19ClN2O5. The number of aromatic nitrogens is 2. The number of ether oxygens (including phenoxy) is 2. The first-order valence-electron chi connectivity index (χ1n) is 8.77. The zero-order valence-electron chi connectivity index (χ0n) is 15.4. The molecule has 7 nitrogen and oxygen atoms in total. The predicted octanol–water partition coefficient (Wildman–Crippen LogP) is 2.36. The van der Waals surface area contributed by atoms with Gasteiger partial charge in [-0.1, -0.05) is 17.7 Å². The van der Waals surface area contributed by atoms with Crippen molar-refractivity contribution in [2.24, 2.45) is 0 Å². The molecule has 146 valence electrons. The number of hydrogen-bond acceptors (Lipinski definition) is 5. The molecule has 0 fully saturated rings. The molecule has 0 spiro atoms. The number of nitrogens with zero attached hydrogens (tertiary/aromatic N) is 2. The van der Waals surface area contributed by atoms with Crippen molar-refractivity contribution in [2.75, 3.05) is 6.79 Å². The number of rotatable bonds is 4. The lowest BCUT2D eigenvalue weighted by Crippen LogP contribution is -2.43. The molecule has 4 rings (SSSR count). The van der Waals surface area contributed by atoms with Crippen molar-refractivity contribution in [3.63, 3.8) is 0 Å². The van der Waals surface area contributed by atoms with Crippen LogP contribution in [0.5, 0.6) is 11.5 Å². The van der Waals surface area contributed by atoms with Crippen LogP contribution in [0, 0.1) is 0 Å². The average molecular weight is 403 g/mol. The summed E-state index contributed by atoms with van der Waals surface area (Å²) in [4.78, 5) is 26.2. The van der Waals surface area contributed by atoms with E-state index >= 15 is 0 Å². The van der Waals surface area contributed by atoms with E-state index in [9.17, 15) is 14.7 Å². The summed E-state index contributed by atoms with van der Waals surface area (Å²) in [5, 5.41) is 11.0. The summed E-state index contributed by atoms with van der Waals surface area (Å²) in [6.45, 7) is 3.43. The number of halogens is 1. The largest absolute Gasteiger partial charge is 0.454 e. The predicted molar refractivity (Wildman–Crippen MR) is 105 cm³/mol. The summed E-state index contributed by atoms with van der Waals surface area (Å²) in [5.74, 6) is 1.21. The Morgan fingerprint density at radius 3 is 2.57 bits per heavy atom. The first-order valence-corrected chi connectivity index (χ1v) is 9.14. The molecule has 0 aliphatic carbocycles. The Labute approximate surface area is 165 Å². The summed E-state index contributed by atoms with van der Waals surface area (Å²) in [6, 6.07) is 10.0. The van der Waals surface area contributed by atoms with Gasteiger partial charge in [0.2, 0.25) is 6.79 Å². The molecule has 1 aromatic heterocycles. The Hall–Kier alpha value is -2.77. The molecule has 0 radical (unpaired) electrons. The Bertz CT molecular complexity index is 1190. The van der Waals surface area contributed by atoms with Crippen LogP contribution in [0.25, 0.3) is 10.9 Å². The summed E-state index contributed by atoms with van der Waals surface area (Å²) in [7, 11) is 0. The lowest BCUT2D eigenvalue weighted by Gasteiger charge is -2.21. The fourth-order valence-electron chi connectivity index (χ4n) is 3.29. The van der Waals surface area contributed by atoms with E-state index in [1.165, 1.54) is 4.57 Å². The standard InChI is InChI=1S/C20H19ClN2O5/c1-20(2,26)10-23-15-8-13(21)4-5-14(15)18(24)22(19(23)25)9-12-3-6-16-17(7-12)28-11-27-16/h3-8,26H,9-11H2,1-2H3. The van der Waals surface area contributed by atoms with Gasteiger partial charge in [-0.2, -0.15) is 0 Å². The van der Waals surface area contributed by atoms with Crippen LogP contribution in [0.4, 0.5) is 0 Å². The third-order valence-corrected chi connectivity index (χ3v) is 4.75. The van der Waals surface area contributed by atoms with Crippen LogP contribution in [0.1, 0.15) is 19.4 Å². The van der Waals surface area contributed by atoms with Crippen LogP contribution >= 0.6 is 11.6 Å². The van der Waals surface area contributed by atoms with E-state index in [4.69, 9.17) is 21.1 Å². The highest BCUT2D eigenvalue weighted by Gasteiger charge is 2.21. The maximum absolute atomic E-state index is 13.1. The van der Waals surface area contributed by atoms with Gasteiger partial charge in [0.05, 0.1) is 29.6 Å². The van der Waals surface area contributed by atoms with Crippen molar-refractivity contribution in [1.29, 1.82) is 0 Å². The van der Waals surface area contributed by atoms with Crippen molar-refractivity contribution in [2.45, 2.75) is 32.5 Å². The lowest BCUT2D eigenvalue weighted by atomic mass is 10.1. The summed E-state index contributed by atoms with van der Waals surface area (Å²) < 4.78 is 13.2. The highest BCUT2D eigenvalue weighted by atomic mass is 35.5. The maximum Gasteiger partial charge on any atom is 0.331 e. The van der Waals surface area contributed by atoms with Crippen molar-refractivity contribution in [3.8, 4) is 11.5 Å². The lowest BCUT2D eigenvalue weighted by molar-refractivity contribution is 0.0610. The number of aliphatic hydroxyl groups is 1. The smallest absolute Gasteiger partial charge is 0.331 e. The zero-order chi connectivity index (χ0) is 20.1. The van der Waals surface area contributed by atoms with Crippen molar-refractivity contribution in [1.82, 2.24) is 9.13 Å². The molecule has 28 heavy (non-hydrogen) atoms. The van der Waals surface area contributed by atoms with Gasteiger partial charge in [-0.3, -0.25) is 13.9 Å². The minimum absolute atomic E-state index is 0.0180. The fraction of sp³-hybridized carbons (Fsp3) is 0.300. The quantitative estimate of drug-likeness (QED) is 0.724. The van der Waals surface area contributed by atoms with E-state index in [0.29, 0.717) is 27.4 Å². The van der Waals surface area contributed by atoms with Crippen LogP contribution < -0.4 is 20.7 Å². The Morgan fingerprint density at radius 1 is 1.07 bits per heavy atom. The second kappa shape index (κ2) is 6.68. The van der Waals surface area contributed by atoms with Crippen LogP contribution in [0.15, 0.2) is 46.0 Å². The van der Waals surface area contributed by atoms with Gasteiger partial charge < -0.3 is 14.6 Å². The van der Waals surface area contributed by atoms with Crippen molar-refractivity contribution >= 4 is 22.5 Å². The molecule has 2 aromatic carbocycles. The van der Waals surface area contributed by atoms with Gasteiger partial charge in [0, 0.05) is 5.02 Å². The molecule has 0 bridgehead atoms. The Kier molecular flexibility index (Phi) is 4.44. The molecule has 8 heteroatoms. The highest BCUT2D eigenvalue weighted by Crippen LogP contribution is 2.32. The monoisotopic (exact) mass is 402 g/mol. The highest BCUT2D eigenvalue weighted by molar-refractivity contribution is 6.31. The van der Waals surface area contributed by atoms with Gasteiger partial charge in [0.1, 0.15) is 0 Å². The second-order valence-electron chi connectivity index (χ2n) is 7.42. The third-order valence-electron chi connectivity index (χ3n) is 4.51. The van der Waals surface area contributed by atoms with Gasteiger partial charge in [-0.15, -0.1) is 0 Å². The van der Waals surface area contributed by atoms with Crippen LogP contribution in [-0.4, -0.2) is 26.6 Å². The molecule has 0 amide bonds. The second-order valence-corrected chi connectivity index (χ2v) is 7.86. The van der Waals surface area contributed by atoms with Gasteiger partial charge in [0.15, 0.2) is 11.5 Å². The topological polar surface area (TPSA) is 82.7 Å². The number of fused-ring (bicyclic) bond motifs is 2. The van der Waals surface area contributed by atoms with Crippen LogP contribution in [0.3, 0.4) is 0 Å². The fourth-order valence-corrected chi connectivity index (χ4v) is 3.46. The SMILES string of the molecule is CC(C)(O)Cn1c(=O)n(Cc2ccc3c(c2)OCO3)c(=O)c2ccc(Cl)cc21. The molecule has 0 saturated heterocycles. The zero-order valence-corrected chi connectivity index (χ0v) is 16.2. The van der Waals surface area contributed by atoms with E-state index in [2.05, 4.69) is 0 Å². The third kappa shape index (κ3) is 3.39. The van der Waals surface area contributed by atoms with Crippen molar-refractivity contribution in [3.05, 3.63) is 67.8 Å². The van der Waals surface area contributed by atoms with E-state index < -0.39 is 16.9 Å². The van der Waals surface area contributed by atoms with E-state index in [1.54, 1.807) is 50.2 Å². The molecule has 0 atom stereocenters.